The molecule has 1 atom stereocenters. The van der Waals surface area contributed by atoms with Crippen LogP contribution in [0.3, 0.4) is 0 Å². The summed E-state index contributed by atoms with van der Waals surface area (Å²) in [6, 6.07) is 12.6. The van der Waals surface area contributed by atoms with E-state index in [9.17, 15) is 4.79 Å². The minimum absolute atomic E-state index is 0.356. The molecule has 2 aromatic heterocycles. The Kier molecular flexibility index (Phi) is 4.87. The Morgan fingerprint density at radius 2 is 2.07 bits per heavy atom. The van der Waals surface area contributed by atoms with E-state index in [2.05, 4.69) is 15.1 Å². The fourth-order valence-electron chi connectivity index (χ4n) is 2.75. The second-order valence-electron chi connectivity index (χ2n) is 5.98. The molecule has 0 fully saturated rings. The first-order valence-corrected chi connectivity index (χ1v) is 9.44. The highest BCUT2D eigenvalue weighted by Crippen LogP contribution is 2.26. The number of nitrogens with zero attached hydrogens (tertiary/aromatic N) is 4. The van der Waals surface area contributed by atoms with E-state index >= 15 is 0 Å². The van der Waals surface area contributed by atoms with E-state index in [0.717, 1.165) is 20.8 Å². The lowest BCUT2D eigenvalue weighted by atomic mass is 10.1. The average molecular weight is 399 g/mol. The lowest BCUT2D eigenvalue weighted by molar-refractivity contribution is 0.0247. The number of benzene rings is 2. The first kappa shape index (κ1) is 17.6. The zero-order valence-electron chi connectivity index (χ0n) is 14.4. The van der Waals surface area contributed by atoms with E-state index in [1.807, 2.05) is 31.2 Å². The molecular weight excluding hydrogens is 384 g/mol. The highest BCUT2D eigenvalue weighted by molar-refractivity contribution is 7.18. The molecule has 0 unspecified atom stereocenters. The molecule has 0 aliphatic heterocycles. The molecule has 136 valence electrons. The van der Waals surface area contributed by atoms with Gasteiger partial charge in [-0.1, -0.05) is 23.7 Å². The number of fused-ring (bicyclic) bond motifs is 1. The number of hydrogen-bond acceptors (Lipinski definition) is 6. The minimum atomic E-state index is -0.518. The Hall–Kier alpha value is -2.77. The molecule has 27 heavy (non-hydrogen) atoms. The summed E-state index contributed by atoms with van der Waals surface area (Å²) < 4.78 is 8.39. The highest BCUT2D eigenvalue weighted by atomic mass is 35.5. The third-order valence-electron chi connectivity index (χ3n) is 4.04. The SMILES string of the molecule is Cc1nc2ccc(C(=O)O[C@H](Cn3cncn3)c3ccc(Cl)cc3)cc2s1. The van der Waals surface area contributed by atoms with Crippen LogP contribution in [0.15, 0.2) is 55.1 Å². The van der Waals surface area contributed by atoms with Gasteiger partial charge in [-0.05, 0) is 42.8 Å². The topological polar surface area (TPSA) is 69.9 Å². The van der Waals surface area contributed by atoms with Gasteiger partial charge >= 0.3 is 5.97 Å². The van der Waals surface area contributed by atoms with Crippen molar-refractivity contribution in [1.29, 1.82) is 0 Å². The van der Waals surface area contributed by atoms with E-state index in [-0.39, 0.29) is 0 Å². The number of rotatable bonds is 5. The molecule has 0 saturated heterocycles. The molecule has 0 saturated carbocycles. The maximum absolute atomic E-state index is 12.8. The van der Waals surface area contributed by atoms with Gasteiger partial charge in [-0.2, -0.15) is 5.10 Å². The van der Waals surface area contributed by atoms with E-state index in [0.29, 0.717) is 17.1 Å². The second kappa shape index (κ2) is 7.46. The molecule has 6 nitrogen and oxygen atoms in total. The smallest absolute Gasteiger partial charge is 0.338 e. The Morgan fingerprint density at radius 3 is 2.81 bits per heavy atom. The molecule has 2 aromatic carbocycles. The molecule has 4 rings (SSSR count). The quantitative estimate of drug-likeness (QED) is 0.464. The molecule has 0 aliphatic rings. The Morgan fingerprint density at radius 1 is 1.26 bits per heavy atom. The number of aromatic nitrogens is 4. The van der Waals surface area contributed by atoms with E-state index in [4.69, 9.17) is 16.3 Å². The normalized spacial score (nSPS) is 12.2. The maximum atomic E-state index is 12.8. The highest BCUT2D eigenvalue weighted by Gasteiger charge is 2.20. The lowest BCUT2D eigenvalue weighted by Crippen LogP contribution is -2.17. The first-order valence-electron chi connectivity index (χ1n) is 8.24. The van der Waals surface area contributed by atoms with Crippen LogP contribution in [0.1, 0.15) is 27.0 Å². The van der Waals surface area contributed by atoms with Crippen LogP contribution in [0.25, 0.3) is 10.2 Å². The third-order valence-corrected chi connectivity index (χ3v) is 5.23. The van der Waals surface area contributed by atoms with Gasteiger partial charge in [-0.25, -0.2) is 19.4 Å². The summed E-state index contributed by atoms with van der Waals surface area (Å²) in [7, 11) is 0. The molecule has 4 aromatic rings. The molecule has 8 heteroatoms. The Bertz CT molecular complexity index is 1080. The van der Waals surface area contributed by atoms with Gasteiger partial charge in [0.25, 0.3) is 0 Å². The summed E-state index contributed by atoms with van der Waals surface area (Å²) in [5.41, 5.74) is 2.20. The van der Waals surface area contributed by atoms with Crippen LogP contribution in [0.4, 0.5) is 0 Å². The van der Waals surface area contributed by atoms with Crippen LogP contribution in [0, 0.1) is 6.92 Å². The number of aryl methyl sites for hydroxylation is 1. The van der Waals surface area contributed by atoms with Gasteiger partial charge in [0.1, 0.15) is 18.8 Å². The van der Waals surface area contributed by atoms with Crippen LogP contribution in [-0.2, 0) is 11.3 Å². The van der Waals surface area contributed by atoms with Gasteiger partial charge < -0.3 is 4.74 Å². The number of ether oxygens (including phenoxy) is 1. The van der Waals surface area contributed by atoms with Crippen molar-refractivity contribution in [2.75, 3.05) is 0 Å². The summed E-state index contributed by atoms with van der Waals surface area (Å²) in [5, 5.41) is 5.68. The Labute approximate surface area is 164 Å². The first-order chi connectivity index (χ1) is 13.1. The molecule has 0 bridgehead atoms. The van der Waals surface area contributed by atoms with Gasteiger partial charge in [0.05, 0.1) is 27.3 Å². The van der Waals surface area contributed by atoms with Crippen molar-refractivity contribution in [2.24, 2.45) is 0 Å². The standard InChI is InChI=1S/C19H15ClN4O2S/c1-12-23-16-7-4-14(8-18(16)27-12)19(25)26-17(9-24-11-21-10-22-24)13-2-5-15(20)6-3-13/h2-8,10-11,17H,9H2,1H3/t17-/m1/s1. The predicted molar refractivity (Wildman–Crippen MR) is 104 cm³/mol. The monoisotopic (exact) mass is 398 g/mol. The summed E-state index contributed by atoms with van der Waals surface area (Å²) in [6.45, 7) is 2.30. The largest absolute Gasteiger partial charge is 0.452 e. The van der Waals surface area contributed by atoms with Crippen LogP contribution in [-0.4, -0.2) is 25.7 Å². The summed E-state index contributed by atoms with van der Waals surface area (Å²) in [5.74, 6) is -0.400. The molecule has 2 heterocycles. The average Bonchev–Trinajstić information content (AvgIpc) is 3.29. The number of thiazole rings is 1. The number of halogens is 1. The predicted octanol–water partition coefficient (Wildman–Crippen LogP) is 4.45. The molecule has 0 spiro atoms. The number of carbonyl (C=O) groups excluding carboxylic acids is 1. The van der Waals surface area contributed by atoms with Crippen molar-refractivity contribution < 1.29 is 9.53 Å². The number of esters is 1. The Balaban J connectivity index is 1.60. The van der Waals surface area contributed by atoms with E-state index in [1.54, 1.807) is 40.5 Å². The van der Waals surface area contributed by atoms with Crippen molar-refractivity contribution in [3.63, 3.8) is 0 Å². The minimum Gasteiger partial charge on any atom is -0.452 e. The second-order valence-corrected chi connectivity index (χ2v) is 7.65. The molecule has 0 radical (unpaired) electrons. The summed E-state index contributed by atoms with van der Waals surface area (Å²) >= 11 is 7.53. The zero-order chi connectivity index (χ0) is 18.8. The summed E-state index contributed by atoms with van der Waals surface area (Å²) in [6.07, 6.45) is 2.51. The molecule has 0 N–H and O–H groups in total. The van der Waals surface area contributed by atoms with Crippen molar-refractivity contribution in [2.45, 2.75) is 19.6 Å². The zero-order valence-corrected chi connectivity index (χ0v) is 15.9. The molecule has 0 amide bonds. The van der Waals surface area contributed by atoms with Gasteiger partial charge in [-0.15, -0.1) is 11.3 Å². The van der Waals surface area contributed by atoms with Crippen molar-refractivity contribution in [3.05, 3.63) is 76.3 Å². The maximum Gasteiger partial charge on any atom is 0.338 e. The van der Waals surface area contributed by atoms with Gasteiger partial charge in [-0.3, -0.25) is 0 Å². The van der Waals surface area contributed by atoms with Gasteiger partial charge in [0, 0.05) is 5.02 Å². The third kappa shape index (κ3) is 3.99. The van der Waals surface area contributed by atoms with Gasteiger partial charge in [0.2, 0.25) is 0 Å². The van der Waals surface area contributed by atoms with Crippen LogP contribution >= 0.6 is 22.9 Å². The van der Waals surface area contributed by atoms with Crippen molar-refractivity contribution >= 4 is 39.1 Å². The number of carbonyl (C=O) groups is 1. The fourth-order valence-corrected chi connectivity index (χ4v) is 3.74. The fraction of sp³-hybridized carbons (Fsp3) is 0.158. The molecular formula is C19H15ClN4O2S. The summed E-state index contributed by atoms with van der Waals surface area (Å²) in [4.78, 5) is 21.1. The van der Waals surface area contributed by atoms with E-state index in [1.165, 1.54) is 6.33 Å². The van der Waals surface area contributed by atoms with Crippen LogP contribution in [0.2, 0.25) is 5.02 Å². The van der Waals surface area contributed by atoms with E-state index < -0.39 is 12.1 Å². The van der Waals surface area contributed by atoms with Gasteiger partial charge in [0.15, 0.2) is 0 Å². The van der Waals surface area contributed by atoms with Crippen molar-refractivity contribution in [3.8, 4) is 0 Å². The van der Waals surface area contributed by atoms with Crippen LogP contribution < -0.4 is 0 Å². The lowest BCUT2D eigenvalue weighted by Gasteiger charge is -2.18. The van der Waals surface area contributed by atoms with Crippen LogP contribution in [0.5, 0.6) is 0 Å². The number of hydrogen-bond donors (Lipinski definition) is 0. The van der Waals surface area contributed by atoms with Crippen molar-refractivity contribution in [1.82, 2.24) is 19.7 Å². The molecule has 0 aliphatic carbocycles.